The van der Waals surface area contributed by atoms with Crippen molar-refractivity contribution in [3.05, 3.63) is 69.8 Å². The summed E-state index contributed by atoms with van der Waals surface area (Å²) >= 11 is 12.0. The van der Waals surface area contributed by atoms with Gasteiger partial charge in [0.1, 0.15) is 0 Å². The number of hydrogen-bond acceptors (Lipinski definition) is 2. The van der Waals surface area contributed by atoms with Crippen molar-refractivity contribution in [1.29, 1.82) is 0 Å². The number of halogens is 2. The third-order valence-electron chi connectivity index (χ3n) is 4.53. The monoisotopic (exact) mass is 403 g/mol. The Morgan fingerprint density at radius 3 is 2.41 bits per heavy atom. The van der Waals surface area contributed by atoms with Crippen molar-refractivity contribution >= 4 is 40.0 Å². The number of fused-ring (bicyclic) bond motifs is 1. The summed E-state index contributed by atoms with van der Waals surface area (Å²) in [7, 11) is 4.02. The summed E-state index contributed by atoms with van der Waals surface area (Å²) in [4.78, 5) is 20.2. The molecule has 4 nitrogen and oxygen atoms in total. The number of nitrogens with zero attached hydrogens (tertiary/aromatic N) is 2. The zero-order chi connectivity index (χ0) is 19.4. The first kappa shape index (κ1) is 19.7. The summed E-state index contributed by atoms with van der Waals surface area (Å²) in [6.45, 7) is 2.05. The van der Waals surface area contributed by atoms with Gasteiger partial charge in [0.15, 0.2) is 0 Å². The summed E-state index contributed by atoms with van der Waals surface area (Å²) < 4.78 is 0. The number of aromatic nitrogens is 1. The number of nitrogens with one attached hydrogen (secondary N) is 1. The molecule has 0 bridgehead atoms. The van der Waals surface area contributed by atoms with Crippen LogP contribution in [0.3, 0.4) is 0 Å². The highest BCUT2D eigenvalue weighted by molar-refractivity contribution is 6.31. The van der Waals surface area contributed by atoms with Crippen molar-refractivity contribution in [3.8, 4) is 0 Å². The van der Waals surface area contributed by atoms with Gasteiger partial charge in [-0.1, -0.05) is 41.4 Å². The summed E-state index contributed by atoms with van der Waals surface area (Å²) in [6, 6.07) is 13.3. The van der Waals surface area contributed by atoms with Gasteiger partial charge in [-0.25, -0.2) is 0 Å². The number of carbonyl (C=O) groups is 1. The van der Waals surface area contributed by atoms with Crippen LogP contribution in [0.4, 0.5) is 0 Å². The van der Waals surface area contributed by atoms with Crippen molar-refractivity contribution in [1.82, 2.24) is 14.8 Å². The first-order valence-corrected chi connectivity index (χ1v) is 9.60. The lowest BCUT2D eigenvalue weighted by Gasteiger charge is -2.24. The maximum absolute atomic E-state index is 13.0. The molecule has 0 aliphatic rings. The van der Waals surface area contributed by atoms with E-state index >= 15 is 0 Å². The molecule has 0 saturated heterocycles. The zero-order valence-electron chi connectivity index (χ0n) is 15.5. The Morgan fingerprint density at radius 2 is 1.70 bits per heavy atom. The minimum Gasteiger partial charge on any atom is -0.361 e. The summed E-state index contributed by atoms with van der Waals surface area (Å²) in [5, 5.41) is 2.41. The number of H-pyrrole nitrogens is 1. The predicted octanol–water partition coefficient (Wildman–Crippen LogP) is 4.61. The number of likely N-dealkylation sites (N-methyl/N-ethyl adjacent to an activating group) is 1. The topological polar surface area (TPSA) is 39.3 Å². The first-order chi connectivity index (χ1) is 12.9. The van der Waals surface area contributed by atoms with Crippen LogP contribution in [0.5, 0.6) is 0 Å². The molecular weight excluding hydrogens is 381 g/mol. The Kier molecular flexibility index (Phi) is 6.42. The third kappa shape index (κ3) is 5.25. The van der Waals surface area contributed by atoms with Crippen LogP contribution in [0.15, 0.2) is 48.7 Å². The van der Waals surface area contributed by atoms with Crippen LogP contribution in [0, 0.1) is 0 Å². The third-order valence-corrected chi connectivity index (χ3v) is 5.01. The molecule has 1 aromatic heterocycles. The minimum absolute atomic E-state index is 0.0997. The molecule has 0 spiro atoms. The summed E-state index contributed by atoms with van der Waals surface area (Å²) in [5.41, 5.74) is 3.00. The molecule has 2 aromatic carbocycles. The number of rotatable bonds is 7. The lowest BCUT2D eigenvalue weighted by atomic mass is 10.1. The molecule has 0 aliphatic carbocycles. The summed E-state index contributed by atoms with van der Waals surface area (Å²) in [5.74, 6) is 0.0997. The minimum atomic E-state index is 0.0997. The quantitative estimate of drug-likeness (QED) is 0.625. The van der Waals surface area contributed by atoms with Crippen LogP contribution >= 0.6 is 23.2 Å². The van der Waals surface area contributed by atoms with Crippen LogP contribution < -0.4 is 0 Å². The molecule has 1 amide bonds. The Labute approximate surface area is 169 Å². The molecule has 3 rings (SSSR count). The Bertz CT molecular complexity index is 919. The molecular formula is C21H23Cl2N3O. The number of amides is 1. The van der Waals surface area contributed by atoms with Gasteiger partial charge in [0, 0.05) is 46.8 Å². The molecule has 1 N–H and O–H groups in total. The van der Waals surface area contributed by atoms with Gasteiger partial charge >= 0.3 is 0 Å². The highest BCUT2D eigenvalue weighted by atomic mass is 35.5. The SMILES string of the molecule is CN(C)CCN(Cc1ccc(Cl)cc1)C(=O)Cc1c[nH]c2cc(Cl)ccc12. The van der Waals surface area contributed by atoms with E-state index in [1.807, 2.05) is 67.7 Å². The standard InChI is InChI=1S/C21H23Cl2N3O/c1-25(2)9-10-26(14-15-3-5-17(22)6-4-15)21(27)11-16-13-24-20-12-18(23)7-8-19(16)20/h3-8,12-13,24H,9-11,14H2,1-2H3. The fraction of sp³-hybridized carbons (Fsp3) is 0.286. The van der Waals surface area contributed by atoms with Crippen LogP contribution in [0.25, 0.3) is 10.9 Å². The van der Waals surface area contributed by atoms with E-state index in [4.69, 9.17) is 23.2 Å². The van der Waals surface area contributed by atoms with Crippen molar-refractivity contribution < 1.29 is 4.79 Å². The maximum atomic E-state index is 13.0. The molecule has 0 unspecified atom stereocenters. The van der Waals surface area contributed by atoms with Crippen molar-refractivity contribution in [2.75, 3.05) is 27.2 Å². The number of aromatic amines is 1. The highest BCUT2D eigenvalue weighted by Crippen LogP contribution is 2.23. The average molecular weight is 404 g/mol. The second kappa shape index (κ2) is 8.79. The van der Waals surface area contributed by atoms with Crippen LogP contribution in [-0.4, -0.2) is 47.9 Å². The molecule has 6 heteroatoms. The van der Waals surface area contributed by atoms with E-state index in [9.17, 15) is 4.79 Å². The van der Waals surface area contributed by atoms with Gasteiger partial charge in [0.2, 0.25) is 5.91 Å². The predicted molar refractivity (Wildman–Crippen MR) is 112 cm³/mol. The molecule has 27 heavy (non-hydrogen) atoms. The second-order valence-corrected chi connectivity index (χ2v) is 7.80. The normalized spacial score (nSPS) is 11.3. The Balaban J connectivity index is 1.77. The summed E-state index contributed by atoms with van der Waals surface area (Å²) in [6.07, 6.45) is 2.24. The fourth-order valence-electron chi connectivity index (χ4n) is 3.00. The van der Waals surface area contributed by atoms with Gasteiger partial charge < -0.3 is 14.8 Å². The molecule has 142 valence electrons. The van der Waals surface area contributed by atoms with Gasteiger partial charge in [0.25, 0.3) is 0 Å². The number of carbonyl (C=O) groups excluding carboxylic acids is 1. The van der Waals surface area contributed by atoms with E-state index < -0.39 is 0 Å². The van der Waals surface area contributed by atoms with E-state index in [-0.39, 0.29) is 5.91 Å². The Hall–Kier alpha value is -2.01. The van der Waals surface area contributed by atoms with E-state index in [2.05, 4.69) is 9.88 Å². The van der Waals surface area contributed by atoms with E-state index in [0.717, 1.165) is 28.6 Å². The molecule has 1 heterocycles. The largest absolute Gasteiger partial charge is 0.361 e. The number of benzene rings is 2. The van der Waals surface area contributed by atoms with Crippen molar-refractivity contribution in [3.63, 3.8) is 0 Å². The molecule has 3 aromatic rings. The lowest BCUT2D eigenvalue weighted by Crippen LogP contribution is -2.37. The average Bonchev–Trinajstić information content (AvgIpc) is 3.01. The second-order valence-electron chi connectivity index (χ2n) is 6.93. The van der Waals surface area contributed by atoms with Gasteiger partial charge in [0.05, 0.1) is 6.42 Å². The molecule has 0 atom stereocenters. The molecule has 0 saturated carbocycles. The van der Waals surface area contributed by atoms with E-state index in [1.165, 1.54) is 0 Å². The van der Waals surface area contributed by atoms with E-state index in [1.54, 1.807) is 0 Å². The van der Waals surface area contributed by atoms with Gasteiger partial charge in [-0.3, -0.25) is 4.79 Å². The first-order valence-electron chi connectivity index (χ1n) is 8.85. The Morgan fingerprint density at radius 1 is 1.00 bits per heavy atom. The van der Waals surface area contributed by atoms with Gasteiger partial charge in [-0.2, -0.15) is 0 Å². The van der Waals surface area contributed by atoms with Crippen molar-refractivity contribution in [2.24, 2.45) is 0 Å². The van der Waals surface area contributed by atoms with Gasteiger partial charge in [-0.15, -0.1) is 0 Å². The molecule has 0 aliphatic heterocycles. The van der Waals surface area contributed by atoms with Crippen LogP contribution in [0.1, 0.15) is 11.1 Å². The van der Waals surface area contributed by atoms with Crippen LogP contribution in [0.2, 0.25) is 10.0 Å². The van der Waals surface area contributed by atoms with Crippen LogP contribution in [-0.2, 0) is 17.8 Å². The van der Waals surface area contributed by atoms with Crippen molar-refractivity contribution in [2.45, 2.75) is 13.0 Å². The lowest BCUT2D eigenvalue weighted by molar-refractivity contribution is -0.131. The number of hydrogen-bond donors (Lipinski definition) is 1. The fourth-order valence-corrected chi connectivity index (χ4v) is 3.30. The highest BCUT2D eigenvalue weighted by Gasteiger charge is 2.17. The van der Waals surface area contributed by atoms with Gasteiger partial charge in [-0.05, 0) is 49.5 Å². The molecule has 0 radical (unpaired) electrons. The molecule has 0 fully saturated rings. The maximum Gasteiger partial charge on any atom is 0.227 e. The zero-order valence-corrected chi connectivity index (χ0v) is 17.0. The smallest absolute Gasteiger partial charge is 0.227 e. The van der Waals surface area contributed by atoms with E-state index in [0.29, 0.717) is 29.6 Å².